The fraction of sp³-hybridized carbons (Fsp3) is 0.375. The van der Waals surface area contributed by atoms with Gasteiger partial charge in [-0.05, 0) is 31.0 Å². The van der Waals surface area contributed by atoms with E-state index in [1.807, 2.05) is 23.1 Å². The van der Waals surface area contributed by atoms with E-state index in [1.165, 1.54) is 6.26 Å². The molecule has 0 spiro atoms. The van der Waals surface area contributed by atoms with E-state index in [9.17, 15) is 4.79 Å². The summed E-state index contributed by atoms with van der Waals surface area (Å²) in [5, 5.41) is 0. The number of hydrogen-bond acceptors (Lipinski definition) is 4. The first-order valence-corrected chi connectivity index (χ1v) is 7.25. The highest BCUT2D eigenvalue weighted by atomic mass is 16.5. The Balaban J connectivity index is 1.52. The molecule has 108 valence electrons. The highest BCUT2D eigenvalue weighted by Gasteiger charge is 2.50. The third kappa shape index (κ3) is 2.09. The summed E-state index contributed by atoms with van der Waals surface area (Å²) >= 11 is 0. The minimum absolute atomic E-state index is 0.0400. The van der Waals surface area contributed by atoms with Gasteiger partial charge in [0.2, 0.25) is 5.88 Å². The third-order valence-corrected chi connectivity index (χ3v) is 4.40. The van der Waals surface area contributed by atoms with Crippen molar-refractivity contribution in [1.29, 1.82) is 0 Å². The third-order valence-electron chi connectivity index (χ3n) is 4.40. The highest BCUT2D eigenvalue weighted by Crippen LogP contribution is 2.40. The van der Waals surface area contributed by atoms with E-state index in [0.29, 0.717) is 17.6 Å². The van der Waals surface area contributed by atoms with Crippen molar-refractivity contribution in [1.82, 2.24) is 9.88 Å². The van der Waals surface area contributed by atoms with Crippen molar-refractivity contribution in [2.24, 2.45) is 5.92 Å². The first-order chi connectivity index (χ1) is 10.3. The van der Waals surface area contributed by atoms with Crippen LogP contribution in [-0.4, -0.2) is 34.5 Å². The summed E-state index contributed by atoms with van der Waals surface area (Å²) in [5.41, 5.74) is 0. The van der Waals surface area contributed by atoms with Crippen molar-refractivity contribution in [2.45, 2.75) is 25.0 Å². The molecule has 0 aromatic carbocycles. The molecule has 1 amide bonds. The van der Waals surface area contributed by atoms with Gasteiger partial charge in [0.15, 0.2) is 5.76 Å². The quantitative estimate of drug-likeness (QED) is 0.868. The Morgan fingerprint density at radius 2 is 2.24 bits per heavy atom. The van der Waals surface area contributed by atoms with Crippen LogP contribution in [0, 0.1) is 5.92 Å². The molecule has 2 fully saturated rings. The minimum Gasteiger partial charge on any atom is -0.472 e. The van der Waals surface area contributed by atoms with Gasteiger partial charge in [-0.2, -0.15) is 0 Å². The molecule has 2 aromatic heterocycles. The van der Waals surface area contributed by atoms with Crippen LogP contribution in [0.3, 0.4) is 0 Å². The second-order valence-corrected chi connectivity index (χ2v) is 5.59. The number of fused-ring (bicyclic) bond motifs is 2. The van der Waals surface area contributed by atoms with E-state index in [4.69, 9.17) is 9.15 Å². The van der Waals surface area contributed by atoms with E-state index in [-0.39, 0.29) is 18.1 Å². The zero-order chi connectivity index (χ0) is 14.2. The molecule has 5 nitrogen and oxygen atoms in total. The Bertz CT molecular complexity index is 626. The molecule has 2 aromatic rings. The normalized spacial score (nSPS) is 27.0. The van der Waals surface area contributed by atoms with Crippen LogP contribution < -0.4 is 4.74 Å². The molecule has 21 heavy (non-hydrogen) atoms. The number of ether oxygens (including phenoxy) is 1. The highest BCUT2D eigenvalue weighted by molar-refractivity contribution is 5.92. The van der Waals surface area contributed by atoms with Crippen molar-refractivity contribution in [3.05, 3.63) is 48.6 Å². The summed E-state index contributed by atoms with van der Waals surface area (Å²) in [6.07, 6.45) is 5.37. The number of rotatable bonds is 3. The fourth-order valence-electron chi connectivity index (χ4n) is 3.45. The number of furan rings is 1. The lowest BCUT2D eigenvalue weighted by Gasteiger charge is -2.26. The Kier molecular flexibility index (Phi) is 2.91. The first kappa shape index (κ1) is 12.4. The van der Waals surface area contributed by atoms with Crippen LogP contribution in [0.15, 0.2) is 47.2 Å². The molecule has 4 rings (SSSR count). The number of carbonyl (C=O) groups excluding carboxylic acids is 1. The topological polar surface area (TPSA) is 55.6 Å². The molecular weight excluding hydrogens is 268 g/mol. The average Bonchev–Trinajstić information content (AvgIpc) is 3.24. The van der Waals surface area contributed by atoms with Gasteiger partial charge in [-0.15, -0.1) is 0 Å². The van der Waals surface area contributed by atoms with Crippen molar-refractivity contribution < 1.29 is 13.9 Å². The fourth-order valence-corrected chi connectivity index (χ4v) is 3.45. The van der Waals surface area contributed by atoms with Crippen LogP contribution >= 0.6 is 0 Å². The minimum atomic E-state index is -0.0400. The van der Waals surface area contributed by atoms with E-state index >= 15 is 0 Å². The average molecular weight is 284 g/mol. The maximum absolute atomic E-state index is 12.5. The second kappa shape index (κ2) is 4.91. The molecule has 1 saturated heterocycles. The summed E-state index contributed by atoms with van der Waals surface area (Å²) in [5.74, 6) is 1.38. The monoisotopic (exact) mass is 284 g/mol. The van der Waals surface area contributed by atoms with Gasteiger partial charge in [0.25, 0.3) is 5.91 Å². The van der Waals surface area contributed by atoms with Gasteiger partial charge in [0.1, 0.15) is 6.10 Å². The number of likely N-dealkylation sites (tertiary alicyclic amines) is 1. The Hall–Kier alpha value is -2.30. The van der Waals surface area contributed by atoms with E-state index < -0.39 is 0 Å². The van der Waals surface area contributed by atoms with Crippen LogP contribution in [-0.2, 0) is 0 Å². The molecule has 1 aliphatic carbocycles. The smallest absolute Gasteiger partial charge is 0.289 e. The summed E-state index contributed by atoms with van der Waals surface area (Å²) < 4.78 is 11.2. The van der Waals surface area contributed by atoms with Crippen LogP contribution in [0.5, 0.6) is 5.88 Å². The van der Waals surface area contributed by atoms with E-state index in [0.717, 1.165) is 19.4 Å². The number of amides is 1. The van der Waals surface area contributed by atoms with Crippen LogP contribution in [0.25, 0.3) is 0 Å². The maximum atomic E-state index is 12.5. The number of hydrogen-bond donors (Lipinski definition) is 0. The molecule has 5 heteroatoms. The number of piperidine rings is 1. The molecule has 0 radical (unpaired) electrons. The lowest BCUT2D eigenvalue weighted by atomic mass is 10.1. The predicted octanol–water partition coefficient (Wildman–Crippen LogP) is 2.36. The number of carbonyl (C=O) groups is 1. The largest absolute Gasteiger partial charge is 0.472 e. The first-order valence-electron chi connectivity index (χ1n) is 7.25. The van der Waals surface area contributed by atoms with Crippen LogP contribution in [0.4, 0.5) is 0 Å². The SMILES string of the molecule is O=C(c1ccco1)N1C[C@H]2CC[C@H]1[C@H]2Oc1ccccn1. The van der Waals surface area contributed by atoms with Gasteiger partial charge in [0, 0.05) is 24.7 Å². The van der Waals surface area contributed by atoms with Crippen molar-refractivity contribution >= 4 is 5.91 Å². The molecule has 3 heterocycles. The molecule has 2 aliphatic rings. The van der Waals surface area contributed by atoms with Gasteiger partial charge in [0.05, 0.1) is 12.3 Å². The van der Waals surface area contributed by atoms with Crippen LogP contribution in [0.1, 0.15) is 23.4 Å². The van der Waals surface area contributed by atoms with Crippen molar-refractivity contribution in [3.8, 4) is 5.88 Å². The maximum Gasteiger partial charge on any atom is 0.289 e. The number of aromatic nitrogens is 1. The summed E-state index contributed by atoms with van der Waals surface area (Å²) in [6, 6.07) is 9.20. The van der Waals surface area contributed by atoms with Gasteiger partial charge >= 0.3 is 0 Å². The molecule has 2 bridgehead atoms. The van der Waals surface area contributed by atoms with E-state index in [2.05, 4.69) is 4.98 Å². The summed E-state index contributed by atoms with van der Waals surface area (Å²) in [4.78, 5) is 18.6. The standard InChI is InChI=1S/C16H16N2O3/c19-16(13-4-3-9-20-13)18-10-11-6-7-12(18)15(11)21-14-5-1-2-8-17-14/h1-5,8-9,11-12,15H,6-7,10H2/t11-,12+,15+/m1/s1. The van der Waals surface area contributed by atoms with Crippen molar-refractivity contribution in [2.75, 3.05) is 6.54 Å². The Morgan fingerprint density at radius 1 is 1.29 bits per heavy atom. The summed E-state index contributed by atoms with van der Waals surface area (Å²) in [6.45, 7) is 0.738. The number of nitrogens with zero attached hydrogens (tertiary/aromatic N) is 2. The second-order valence-electron chi connectivity index (χ2n) is 5.59. The lowest BCUT2D eigenvalue weighted by molar-refractivity contribution is 0.0632. The molecular formula is C16H16N2O3. The van der Waals surface area contributed by atoms with Gasteiger partial charge < -0.3 is 14.1 Å². The molecule has 0 N–H and O–H groups in total. The summed E-state index contributed by atoms with van der Waals surface area (Å²) in [7, 11) is 0. The molecule has 3 atom stereocenters. The van der Waals surface area contributed by atoms with E-state index in [1.54, 1.807) is 18.3 Å². The van der Waals surface area contributed by atoms with Gasteiger partial charge in [-0.3, -0.25) is 4.79 Å². The lowest BCUT2D eigenvalue weighted by Crippen LogP contribution is -2.40. The zero-order valence-corrected chi connectivity index (χ0v) is 11.5. The molecule has 1 saturated carbocycles. The van der Waals surface area contributed by atoms with Crippen molar-refractivity contribution in [3.63, 3.8) is 0 Å². The molecule has 0 unspecified atom stereocenters. The van der Waals surface area contributed by atoms with Gasteiger partial charge in [-0.25, -0.2) is 4.98 Å². The zero-order valence-electron chi connectivity index (χ0n) is 11.5. The predicted molar refractivity (Wildman–Crippen MR) is 74.9 cm³/mol. The van der Waals surface area contributed by atoms with Crippen LogP contribution in [0.2, 0.25) is 0 Å². The Morgan fingerprint density at radius 3 is 3.00 bits per heavy atom. The Labute approximate surface area is 122 Å². The number of pyridine rings is 1. The molecule has 1 aliphatic heterocycles. The van der Waals surface area contributed by atoms with Gasteiger partial charge in [-0.1, -0.05) is 6.07 Å².